The molecular weight excluding hydrogens is 352 g/mol. The van der Waals surface area contributed by atoms with Gasteiger partial charge >= 0.3 is 12.0 Å². The molecule has 1 aliphatic heterocycles. The van der Waals surface area contributed by atoms with Gasteiger partial charge < -0.3 is 14.5 Å². The summed E-state index contributed by atoms with van der Waals surface area (Å²) in [6.07, 6.45) is 8.75. The topological polar surface area (TPSA) is 49.9 Å². The number of ether oxygens (including phenoxy) is 1. The van der Waals surface area contributed by atoms with E-state index in [0.717, 1.165) is 37.7 Å². The van der Waals surface area contributed by atoms with Gasteiger partial charge in [-0.25, -0.2) is 9.59 Å². The van der Waals surface area contributed by atoms with Gasteiger partial charge in [0.25, 0.3) is 0 Å². The molecule has 1 saturated carbocycles. The van der Waals surface area contributed by atoms with E-state index in [1.165, 1.54) is 19.3 Å². The van der Waals surface area contributed by atoms with Crippen molar-refractivity contribution in [2.75, 3.05) is 13.2 Å². The summed E-state index contributed by atoms with van der Waals surface area (Å²) in [5.41, 5.74) is 1.01. The van der Waals surface area contributed by atoms with E-state index in [-0.39, 0.29) is 24.1 Å². The second-order valence-electron chi connectivity index (χ2n) is 7.93. The van der Waals surface area contributed by atoms with Crippen LogP contribution in [0.2, 0.25) is 0 Å². The summed E-state index contributed by atoms with van der Waals surface area (Å²) in [6, 6.07) is 9.24. The predicted octanol–water partition coefficient (Wildman–Crippen LogP) is 4.92. The zero-order valence-corrected chi connectivity index (χ0v) is 17.3. The Hall–Kier alpha value is -2.04. The molecule has 2 fully saturated rings. The van der Waals surface area contributed by atoms with Gasteiger partial charge in [-0.1, -0.05) is 69.4 Å². The maximum absolute atomic E-state index is 13.5. The fourth-order valence-corrected chi connectivity index (χ4v) is 4.76. The number of nitrogens with zero attached hydrogens (tertiary/aromatic N) is 2. The number of carbonyl (C=O) groups excluding carboxylic acids is 2. The molecule has 2 aliphatic rings. The zero-order chi connectivity index (χ0) is 19.9. The fraction of sp³-hybridized carbons (Fsp3) is 0.652. The molecule has 1 saturated heterocycles. The first-order chi connectivity index (χ1) is 13.7. The number of esters is 1. The lowest BCUT2D eigenvalue weighted by Crippen LogP contribution is -2.47. The second-order valence-corrected chi connectivity index (χ2v) is 7.93. The summed E-state index contributed by atoms with van der Waals surface area (Å²) in [5, 5.41) is 0. The summed E-state index contributed by atoms with van der Waals surface area (Å²) in [7, 11) is 0. The van der Waals surface area contributed by atoms with Crippen LogP contribution < -0.4 is 0 Å². The molecule has 1 aromatic carbocycles. The molecule has 0 aromatic heterocycles. The first-order valence-electron chi connectivity index (χ1n) is 11.0. The Kier molecular flexibility index (Phi) is 7.35. The molecule has 1 heterocycles. The van der Waals surface area contributed by atoms with Gasteiger partial charge in [0.15, 0.2) is 6.04 Å². The maximum atomic E-state index is 13.5. The van der Waals surface area contributed by atoms with Gasteiger partial charge in [0, 0.05) is 12.6 Å². The molecule has 1 aromatic rings. The highest BCUT2D eigenvalue weighted by Crippen LogP contribution is 2.39. The summed E-state index contributed by atoms with van der Waals surface area (Å²) in [6.45, 7) is 4.89. The average Bonchev–Trinajstić information content (AvgIpc) is 2.96. The van der Waals surface area contributed by atoms with Crippen LogP contribution in [0.5, 0.6) is 0 Å². The van der Waals surface area contributed by atoms with Crippen LogP contribution in [-0.4, -0.2) is 47.0 Å². The van der Waals surface area contributed by atoms with Gasteiger partial charge in [-0.05, 0) is 31.7 Å². The lowest BCUT2D eigenvalue weighted by molar-refractivity contribution is -0.149. The van der Waals surface area contributed by atoms with Crippen LogP contribution in [0.15, 0.2) is 30.3 Å². The highest BCUT2D eigenvalue weighted by molar-refractivity contribution is 5.89. The zero-order valence-electron chi connectivity index (χ0n) is 17.3. The molecule has 0 bridgehead atoms. The fourth-order valence-electron chi connectivity index (χ4n) is 4.76. The Morgan fingerprint density at radius 2 is 1.68 bits per heavy atom. The van der Waals surface area contributed by atoms with Gasteiger partial charge in [-0.2, -0.15) is 0 Å². The molecule has 3 rings (SSSR count). The molecule has 154 valence electrons. The lowest BCUT2D eigenvalue weighted by atomic mass is 9.93. The van der Waals surface area contributed by atoms with Gasteiger partial charge in [0.1, 0.15) is 0 Å². The quantitative estimate of drug-likeness (QED) is 0.652. The Labute approximate surface area is 169 Å². The monoisotopic (exact) mass is 386 g/mol. The largest absolute Gasteiger partial charge is 0.464 e. The molecule has 0 spiro atoms. The van der Waals surface area contributed by atoms with Crippen molar-refractivity contribution in [3.63, 3.8) is 0 Å². The Bertz CT molecular complexity index is 641. The van der Waals surface area contributed by atoms with Crippen LogP contribution in [0.1, 0.15) is 76.8 Å². The van der Waals surface area contributed by atoms with Gasteiger partial charge in [0.2, 0.25) is 0 Å². The Balaban J connectivity index is 2.00. The molecule has 28 heavy (non-hydrogen) atoms. The van der Waals surface area contributed by atoms with Crippen molar-refractivity contribution < 1.29 is 14.3 Å². The first kappa shape index (κ1) is 20.7. The molecule has 5 nitrogen and oxygen atoms in total. The average molecular weight is 387 g/mol. The smallest absolute Gasteiger partial charge is 0.331 e. The summed E-state index contributed by atoms with van der Waals surface area (Å²) >= 11 is 0. The van der Waals surface area contributed by atoms with Crippen molar-refractivity contribution in [2.45, 2.75) is 83.3 Å². The summed E-state index contributed by atoms with van der Waals surface area (Å²) in [5.74, 6) is -0.273. The van der Waals surface area contributed by atoms with Crippen molar-refractivity contribution in [3.05, 3.63) is 35.9 Å². The van der Waals surface area contributed by atoms with E-state index in [1.54, 1.807) is 0 Å². The van der Waals surface area contributed by atoms with Crippen molar-refractivity contribution in [2.24, 2.45) is 0 Å². The van der Waals surface area contributed by atoms with Crippen molar-refractivity contribution in [1.82, 2.24) is 9.80 Å². The number of amides is 2. The van der Waals surface area contributed by atoms with E-state index in [0.29, 0.717) is 13.2 Å². The number of carbonyl (C=O) groups is 2. The highest BCUT2D eigenvalue weighted by atomic mass is 16.5. The first-order valence-corrected chi connectivity index (χ1v) is 11.0. The van der Waals surface area contributed by atoms with E-state index in [4.69, 9.17) is 4.74 Å². The van der Waals surface area contributed by atoms with Crippen molar-refractivity contribution in [1.29, 1.82) is 0 Å². The SMILES string of the molecule is CCCN1C(=O)N(C2CCCCCCC2)[C@H](C(=O)OCC)[C@H]1c1ccccc1. The van der Waals surface area contributed by atoms with Gasteiger partial charge in [0.05, 0.1) is 12.6 Å². The summed E-state index contributed by atoms with van der Waals surface area (Å²) < 4.78 is 5.47. The van der Waals surface area contributed by atoms with Crippen LogP contribution in [0, 0.1) is 0 Å². The van der Waals surface area contributed by atoms with Crippen LogP contribution in [0.3, 0.4) is 0 Å². The second kappa shape index (κ2) is 9.94. The summed E-state index contributed by atoms with van der Waals surface area (Å²) in [4.78, 5) is 30.4. The minimum Gasteiger partial charge on any atom is -0.464 e. The molecule has 2 amide bonds. The lowest BCUT2D eigenvalue weighted by Gasteiger charge is -2.33. The van der Waals surface area contributed by atoms with Crippen LogP contribution in [-0.2, 0) is 9.53 Å². The number of urea groups is 1. The molecule has 0 radical (unpaired) electrons. The van der Waals surface area contributed by atoms with E-state index in [1.807, 2.05) is 47.1 Å². The van der Waals surface area contributed by atoms with Crippen molar-refractivity contribution in [3.8, 4) is 0 Å². The van der Waals surface area contributed by atoms with Crippen LogP contribution in [0.4, 0.5) is 4.79 Å². The molecule has 2 atom stereocenters. The van der Waals surface area contributed by atoms with Crippen LogP contribution in [0.25, 0.3) is 0 Å². The van der Waals surface area contributed by atoms with E-state index >= 15 is 0 Å². The third-order valence-corrected chi connectivity index (χ3v) is 6.00. The van der Waals surface area contributed by atoms with Crippen LogP contribution >= 0.6 is 0 Å². The molecular formula is C23H34N2O3. The van der Waals surface area contributed by atoms with Crippen molar-refractivity contribution >= 4 is 12.0 Å². The van der Waals surface area contributed by atoms with Gasteiger partial charge in [-0.15, -0.1) is 0 Å². The molecule has 5 heteroatoms. The third-order valence-electron chi connectivity index (χ3n) is 6.00. The molecule has 0 N–H and O–H groups in total. The van der Waals surface area contributed by atoms with E-state index in [9.17, 15) is 9.59 Å². The number of rotatable bonds is 6. The normalized spacial score (nSPS) is 24.1. The Morgan fingerprint density at radius 1 is 1.04 bits per heavy atom. The highest BCUT2D eigenvalue weighted by Gasteiger charge is 2.52. The number of hydrogen-bond donors (Lipinski definition) is 0. The van der Waals surface area contributed by atoms with Gasteiger partial charge in [-0.3, -0.25) is 0 Å². The standard InChI is InChI=1S/C23H34N2O3/c1-3-17-24-20(18-13-9-8-10-14-18)21(22(26)28-4-2)25(23(24)27)19-15-11-6-5-7-12-16-19/h8-10,13-14,19-21H,3-7,11-12,15-17H2,1-2H3/t20-,21+/m1/s1. The van der Waals surface area contributed by atoms with E-state index in [2.05, 4.69) is 6.92 Å². The number of hydrogen-bond acceptors (Lipinski definition) is 3. The minimum atomic E-state index is -0.564. The Morgan fingerprint density at radius 3 is 2.29 bits per heavy atom. The van der Waals surface area contributed by atoms with E-state index < -0.39 is 6.04 Å². The minimum absolute atomic E-state index is 0.000621. The molecule has 1 aliphatic carbocycles. The molecule has 0 unspecified atom stereocenters. The number of benzene rings is 1. The maximum Gasteiger partial charge on any atom is 0.331 e. The third kappa shape index (κ3) is 4.34. The predicted molar refractivity (Wildman–Crippen MR) is 110 cm³/mol.